The molecule has 87 heavy (non-hydrogen) atoms. The molecule has 1 saturated carbocycles. The van der Waals surface area contributed by atoms with Crippen LogP contribution in [0.15, 0.2) is 133 Å². The first-order chi connectivity index (χ1) is 41.6. The van der Waals surface area contributed by atoms with Gasteiger partial charge in [-0.3, -0.25) is 38.4 Å². The van der Waals surface area contributed by atoms with Crippen LogP contribution in [0.5, 0.6) is 11.5 Å². The van der Waals surface area contributed by atoms with Gasteiger partial charge in [-0.1, -0.05) is 110 Å². The molecule has 5 aromatic carbocycles. The first-order valence-corrected chi connectivity index (χ1v) is 28.7. The molecule has 3 heterocycles. The molecule has 4 aliphatic rings. The Labute approximate surface area is 503 Å². The van der Waals surface area contributed by atoms with E-state index < -0.39 is 122 Å². The first kappa shape index (κ1) is 62.9. The monoisotopic (exact) mass is 1200 g/mol. The van der Waals surface area contributed by atoms with Crippen molar-refractivity contribution in [3.8, 4) is 22.6 Å². The largest absolute Gasteiger partial charge is 0.489 e. The number of hydrogen-bond donors (Lipinski definition) is 0. The number of hydrogen-bond acceptors (Lipinski definition) is 20. The minimum absolute atomic E-state index is 0.0679. The van der Waals surface area contributed by atoms with Crippen molar-refractivity contribution in [1.82, 2.24) is 0 Å². The van der Waals surface area contributed by atoms with Crippen molar-refractivity contribution in [3.05, 3.63) is 150 Å². The van der Waals surface area contributed by atoms with Crippen LogP contribution in [0, 0.1) is 5.41 Å². The number of ether oxygens (including phenoxy) is 12. The quantitative estimate of drug-likeness (QED) is 0.0402. The van der Waals surface area contributed by atoms with Crippen LogP contribution in [0.3, 0.4) is 0 Å². The van der Waals surface area contributed by atoms with Gasteiger partial charge in [0.1, 0.15) is 49.6 Å². The fourth-order valence-corrected chi connectivity index (χ4v) is 12.1. The maximum atomic E-state index is 14.9. The number of carbonyl (C=O) groups is 8. The van der Waals surface area contributed by atoms with Gasteiger partial charge in [-0.25, -0.2) is 0 Å². The van der Waals surface area contributed by atoms with E-state index >= 15 is 0 Å². The summed E-state index contributed by atoms with van der Waals surface area (Å²) in [6, 6.07) is 42.3. The minimum Gasteiger partial charge on any atom is -0.489 e. The molecule has 0 bridgehead atoms. The first-order valence-electron chi connectivity index (χ1n) is 28.7. The second-order valence-electron chi connectivity index (χ2n) is 22.3. The third kappa shape index (κ3) is 14.6. The van der Waals surface area contributed by atoms with Crippen molar-refractivity contribution in [2.24, 2.45) is 5.41 Å². The Hall–Kier alpha value is -8.66. The minimum atomic E-state index is -1.87. The van der Waals surface area contributed by atoms with E-state index in [-0.39, 0.29) is 29.7 Å². The van der Waals surface area contributed by atoms with Crippen molar-refractivity contribution in [3.63, 3.8) is 0 Å². The molecule has 1 spiro atoms. The molecule has 3 saturated heterocycles. The smallest absolute Gasteiger partial charge is 0.303 e. The van der Waals surface area contributed by atoms with Gasteiger partial charge in [0.15, 0.2) is 30.7 Å². The molecule has 0 aromatic heterocycles. The van der Waals surface area contributed by atoms with Gasteiger partial charge in [-0.2, -0.15) is 0 Å². The highest BCUT2D eigenvalue weighted by molar-refractivity contribution is 6.06. The number of amides is 1. The third-order valence-corrected chi connectivity index (χ3v) is 16.0. The normalized spacial score (nSPS) is 27.5. The van der Waals surface area contributed by atoms with Gasteiger partial charge < -0.3 is 61.7 Å². The summed E-state index contributed by atoms with van der Waals surface area (Å²) in [4.78, 5) is 106. The molecule has 3 aliphatic heterocycles. The molecular weight excluding hydrogens is 1130 g/mol. The summed E-state index contributed by atoms with van der Waals surface area (Å²) in [7, 11) is 0. The number of esters is 7. The van der Waals surface area contributed by atoms with Crippen LogP contribution in [0.4, 0.5) is 5.69 Å². The van der Waals surface area contributed by atoms with E-state index in [0.29, 0.717) is 29.7 Å². The van der Waals surface area contributed by atoms with Crippen LogP contribution < -0.4 is 14.4 Å². The standard InChI is InChI=1S/C66H71NO20/c1-38(68)76-36-53-55(79-40(3)70)57(80-41(4)71)60(83-44(7)74)63(86-53)87-56-54(37-77-39(2)69)85-62(59(82-43(6)73)58(56)81-42(5)72)84-50-26-18-21-46(33-50)47-27-28-51(52(34-47)78-35-45-19-12-9-13-20-45)61-66(64(75)67(61)49-24-16-11-17-25-49)31-29-65(8,30-32-66)48-22-14-10-15-23-48/h9-28,33-34,53-63H,29-32,35-37H2,1-8H3/t53-,54-,55-,56?,57+,58+,59-,60-,61-,62-,63+,65?,66?/m1/s1. The van der Waals surface area contributed by atoms with E-state index in [2.05, 4.69) is 31.2 Å². The lowest BCUT2D eigenvalue weighted by molar-refractivity contribution is -0.354. The lowest BCUT2D eigenvalue weighted by atomic mass is 9.54. The number of rotatable bonds is 20. The average Bonchev–Trinajstić information content (AvgIpc) is 0.710. The molecule has 1 aliphatic carbocycles. The fraction of sp³-hybridized carbons (Fsp3) is 0.424. The zero-order chi connectivity index (χ0) is 62.2. The van der Waals surface area contributed by atoms with E-state index in [9.17, 15) is 38.4 Å². The molecule has 1 amide bonds. The maximum Gasteiger partial charge on any atom is 0.303 e. The summed E-state index contributed by atoms with van der Waals surface area (Å²) >= 11 is 0. The average molecular weight is 1200 g/mol. The molecular formula is C66H71NO20. The van der Waals surface area contributed by atoms with Gasteiger partial charge in [0.2, 0.25) is 18.3 Å². The zero-order valence-electron chi connectivity index (χ0n) is 49.6. The number of β-lactam (4-membered cyclic amide) rings is 1. The predicted octanol–water partition coefficient (Wildman–Crippen LogP) is 8.54. The topological polar surface area (TPSA) is 251 Å². The SMILES string of the molecule is CC(=O)OC[C@H]1O[C@@H](Oc2cccc(-c3ccc([C@H]4N(c5ccccc5)C(=O)C45CCC(C)(c4ccccc4)CC5)c(OCc4ccccc4)c3)c2)[C@H](OC(C)=O)[C@@H](OC(C)=O)C1O[C@@H]1O[C@H](COC(C)=O)[C@@H](OC(C)=O)[C@H](OC(C)=O)[C@H]1OC(C)=O. The lowest BCUT2D eigenvalue weighted by Crippen LogP contribution is -2.67. The van der Waals surface area contributed by atoms with Crippen molar-refractivity contribution in [2.45, 2.75) is 161 Å². The fourth-order valence-electron chi connectivity index (χ4n) is 12.1. The van der Waals surface area contributed by atoms with Crippen LogP contribution in [-0.2, 0) is 97.7 Å². The molecule has 460 valence electrons. The number of para-hydroxylation sites is 1. The van der Waals surface area contributed by atoms with Gasteiger partial charge >= 0.3 is 41.8 Å². The van der Waals surface area contributed by atoms with Gasteiger partial charge in [-0.05, 0) is 83.7 Å². The Balaban J connectivity index is 1.07. The second-order valence-corrected chi connectivity index (χ2v) is 22.3. The molecule has 9 rings (SSSR count). The summed E-state index contributed by atoms with van der Waals surface area (Å²) in [5.41, 5.74) is 4.29. The van der Waals surface area contributed by atoms with E-state index in [1.807, 2.05) is 95.9 Å². The predicted molar refractivity (Wildman–Crippen MR) is 308 cm³/mol. The van der Waals surface area contributed by atoms with E-state index in [1.54, 1.807) is 18.2 Å². The molecule has 21 nitrogen and oxygen atoms in total. The Morgan fingerprint density at radius 1 is 0.506 bits per heavy atom. The summed E-state index contributed by atoms with van der Waals surface area (Å²) in [6.07, 6.45) is -13.6. The molecule has 21 heteroatoms. The Morgan fingerprint density at radius 2 is 1.00 bits per heavy atom. The van der Waals surface area contributed by atoms with Crippen molar-refractivity contribution >= 4 is 53.4 Å². The summed E-state index contributed by atoms with van der Waals surface area (Å²) < 4.78 is 72.0. The number of nitrogens with zero attached hydrogens (tertiary/aromatic N) is 1. The van der Waals surface area contributed by atoms with Crippen LogP contribution in [-0.4, -0.2) is 122 Å². The Bertz CT molecular complexity index is 3290. The lowest BCUT2D eigenvalue weighted by Gasteiger charge is -2.60. The Kier molecular flexibility index (Phi) is 19.8. The molecule has 1 unspecified atom stereocenters. The zero-order valence-corrected chi connectivity index (χ0v) is 49.6. The maximum absolute atomic E-state index is 14.9. The molecule has 0 radical (unpaired) electrons. The van der Waals surface area contributed by atoms with Gasteiger partial charge in [0, 0.05) is 59.7 Å². The highest BCUT2D eigenvalue weighted by Crippen LogP contribution is 2.63. The summed E-state index contributed by atoms with van der Waals surface area (Å²) in [5, 5.41) is 0. The summed E-state index contributed by atoms with van der Waals surface area (Å²) in [5.74, 6) is -5.26. The number of carbonyl (C=O) groups excluding carboxylic acids is 8. The van der Waals surface area contributed by atoms with Crippen molar-refractivity contribution < 1.29 is 95.2 Å². The van der Waals surface area contributed by atoms with Gasteiger partial charge in [0.25, 0.3) is 0 Å². The third-order valence-electron chi connectivity index (χ3n) is 16.0. The van der Waals surface area contributed by atoms with Gasteiger partial charge in [-0.15, -0.1) is 0 Å². The highest BCUT2D eigenvalue weighted by Gasteiger charge is 2.64. The van der Waals surface area contributed by atoms with Crippen molar-refractivity contribution in [2.75, 3.05) is 18.1 Å². The van der Waals surface area contributed by atoms with Crippen molar-refractivity contribution in [1.29, 1.82) is 0 Å². The van der Waals surface area contributed by atoms with Crippen LogP contribution in [0.25, 0.3) is 11.1 Å². The highest BCUT2D eigenvalue weighted by atomic mass is 16.8. The molecule has 11 atom stereocenters. The molecule has 0 N–H and O–H groups in total. The Morgan fingerprint density at radius 3 is 1.57 bits per heavy atom. The summed E-state index contributed by atoms with van der Waals surface area (Å²) in [6.45, 7) is 8.84. The second kappa shape index (κ2) is 27.4. The molecule has 4 fully saturated rings. The van der Waals surface area contributed by atoms with Gasteiger partial charge in [0.05, 0.1) is 11.5 Å². The van der Waals surface area contributed by atoms with Crippen LogP contribution >= 0.6 is 0 Å². The van der Waals surface area contributed by atoms with Crippen LogP contribution in [0.1, 0.15) is 104 Å². The van der Waals surface area contributed by atoms with E-state index in [1.165, 1.54) is 5.56 Å². The van der Waals surface area contributed by atoms with Crippen LogP contribution in [0.2, 0.25) is 0 Å². The van der Waals surface area contributed by atoms with E-state index in [0.717, 1.165) is 78.1 Å². The van der Waals surface area contributed by atoms with E-state index in [4.69, 9.17) is 56.8 Å². The molecule has 5 aromatic rings. The number of anilines is 1. The number of benzene rings is 5.